The Labute approximate surface area is 100 Å². The van der Waals surface area contributed by atoms with E-state index in [0.717, 1.165) is 58.3 Å². The molecule has 0 fully saturated rings. The molecular weight excluding hydrogens is 202 g/mol. The third kappa shape index (κ3) is 13.6. The van der Waals surface area contributed by atoms with E-state index in [2.05, 4.69) is 25.7 Å². The summed E-state index contributed by atoms with van der Waals surface area (Å²) in [5, 5.41) is 3.27. The van der Waals surface area contributed by atoms with Crippen molar-refractivity contribution in [2.24, 2.45) is 5.92 Å². The molecular formula is C13H27NO2. The van der Waals surface area contributed by atoms with Crippen LogP contribution in [0.1, 0.15) is 26.7 Å². The van der Waals surface area contributed by atoms with E-state index < -0.39 is 0 Å². The van der Waals surface area contributed by atoms with Crippen molar-refractivity contribution >= 4 is 0 Å². The summed E-state index contributed by atoms with van der Waals surface area (Å²) in [5.41, 5.74) is 0. The van der Waals surface area contributed by atoms with Crippen LogP contribution in [-0.4, -0.2) is 39.5 Å². The van der Waals surface area contributed by atoms with Crippen LogP contribution in [0.5, 0.6) is 0 Å². The lowest BCUT2D eigenvalue weighted by molar-refractivity contribution is 0.117. The lowest BCUT2D eigenvalue weighted by atomic mass is 10.1. The molecule has 0 saturated carbocycles. The van der Waals surface area contributed by atoms with Gasteiger partial charge in [-0.1, -0.05) is 19.9 Å². The summed E-state index contributed by atoms with van der Waals surface area (Å²) in [6.07, 6.45) is 3.94. The fraction of sp³-hybridized carbons (Fsp3) is 0.846. The molecule has 1 N–H and O–H groups in total. The largest absolute Gasteiger partial charge is 0.380 e. The Morgan fingerprint density at radius 1 is 1.06 bits per heavy atom. The Bertz CT molecular complexity index is 149. The van der Waals surface area contributed by atoms with Gasteiger partial charge in [-0.05, 0) is 18.8 Å². The second-order valence-electron chi connectivity index (χ2n) is 4.23. The number of rotatable bonds is 12. The topological polar surface area (TPSA) is 30.5 Å². The molecule has 0 rings (SSSR count). The molecule has 0 heterocycles. The molecule has 0 radical (unpaired) electrons. The van der Waals surface area contributed by atoms with Crippen molar-refractivity contribution in [1.82, 2.24) is 5.32 Å². The highest BCUT2D eigenvalue weighted by Gasteiger charge is 1.93. The first-order chi connectivity index (χ1) is 7.77. The molecule has 0 aliphatic carbocycles. The monoisotopic (exact) mass is 229 g/mol. The molecule has 0 aromatic rings. The van der Waals surface area contributed by atoms with Crippen molar-refractivity contribution in [3.05, 3.63) is 12.7 Å². The maximum absolute atomic E-state index is 5.47. The van der Waals surface area contributed by atoms with Crippen LogP contribution in [0, 0.1) is 5.92 Å². The lowest BCUT2D eigenvalue weighted by Gasteiger charge is -2.07. The zero-order valence-electron chi connectivity index (χ0n) is 10.8. The highest BCUT2D eigenvalue weighted by Crippen LogP contribution is 1.98. The van der Waals surface area contributed by atoms with E-state index in [0.29, 0.717) is 0 Å². The van der Waals surface area contributed by atoms with Crippen LogP contribution in [0.25, 0.3) is 0 Å². The quantitative estimate of drug-likeness (QED) is 0.411. The number of ether oxygens (including phenoxy) is 2. The summed E-state index contributed by atoms with van der Waals surface area (Å²) < 4.78 is 10.8. The Kier molecular flexibility index (Phi) is 12.4. The molecule has 96 valence electrons. The van der Waals surface area contributed by atoms with E-state index in [1.54, 1.807) is 0 Å². The lowest BCUT2D eigenvalue weighted by Crippen LogP contribution is -2.24. The predicted octanol–water partition coefficient (Wildman–Crippen LogP) is 2.23. The minimum Gasteiger partial charge on any atom is -0.380 e. The SMILES string of the molecule is C=CCCOCCNCCOCCC(C)C. The van der Waals surface area contributed by atoms with Gasteiger partial charge in [-0.2, -0.15) is 0 Å². The molecule has 0 aliphatic rings. The molecule has 0 aromatic heterocycles. The molecule has 0 aromatic carbocycles. The van der Waals surface area contributed by atoms with Gasteiger partial charge in [0, 0.05) is 19.7 Å². The van der Waals surface area contributed by atoms with E-state index in [-0.39, 0.29) is 0 Å². The highest BCUT2D eigenvalue weighted by molar-refractivity contribution is 4.64. The molecule has 0 amide bonds. The molecule has 0 atom stereocenters. The molecule has 0 saturated heterocycles. The van der Waals surface area contributed by atoms with E-state index >= 15 is 0 Å². The van der Waals surface area contributed by atoms with E-state index in [1.165, 1.54) is 0 Å². The second-order valence-corrected chi connectivity index (χ2v) is 4.23. The van der Waals surface area contributed by atoms with Crippen molar-refractivity contribution in [3.8, 4) is 0 Å². The van der Waals surface area contributed by atoms with Gasteiger partial charge in [-0.3, -0.25) is 0 Å². The van der Waals surface area contributed by atoms with Gasteiger partial charge in [0.1, 0.15) is 0 Å². The van der Waals surface area contributed by atoms with Gasteiger partial charge in [0.2, 0.25) is 0 Å². The van der Waals surface area contributed by atoms with Gasteiger partial charge in [-0.15, -0.1) is 6.58 Å². The Hall–Kier alpha value is -0.380. The van der Waals surface area contributed by atoms with Crippen LogP contribution in [-0.2, 0) is 9.47 Å². The Morgan fingerprint density at radius 2 is 1.69 bits per heavy atom. The molecule has 0 bridgehead atoms. The van der Waals surface area contributed by atoms with E-state index in [1.807, 2.05) is 6.08 Å². The summed E-state index contributed by atoms with van der Waals surface area (Å²) in [5.74, 6) is 0.728. The summed E-state index contributed by atoms with van der Waals surface area (Å²) >= 11 is 0. The van der Waals surface area contributed by atoms with Crippen molar-refractivity contribution in [1.29, 1.82) is 0 Å². The Balaban J connectivity index is 2.90. The number of hydrogen-bond donors (Lipinski definition) is 1. The second kappa shape index (κ2) is 12.7. The van der Waals surface area contributed by atoms with Gasteiger partial charge >= 0.3 is 0 Å². The fourth-order valence-electron chi connectivity index (χ4n) is 1.10. The molecule has 3 nitrogen and oxygen atoms in total. The first kappa shape index (κ1) is 15.6. The molecule has 0 unspecified atom stereocenters. The zero-order chi connectivity index (χ0) is 12.1. The van der Waals surface area contributed by atoms with Gasteiger partial charge in [0.25, 0.3) is 0 Å². The average Bonchev–Trinajstić information content (AvgIpc) is 2.25. The van der Waals surface area contributed by atoms with E-state index in [9.17, 15) is 0 Å². The smallest absolute Gasteiger partial charge is 0.0591 e. The number of hydrogen-bond acceptors (Lipinski definition) is 3. The summed E-state index contributed by atoms with van der Waals surface area (Å²) in [7, 11) is 0. The summed E-state index contributed by atoms with van der Waals surface area (Å²) in [6, 6.07) is 0. The van der Waals surface area contributed by atoms with Gasteiger partial charge < -0.3 is 14.8 Å². The zero-order valence-corrected chi connectivity index (χ0v) is 10.8. The Morgan fingerprint density at radius 3 is 2.25 bits per heavy atom. The first-order valence-corrected chi connectivity index (χ1v) is 6.24. The molecule has 0 aliphatic heterocycles. The van der Waals surface area contributed by atoms with Crippen LogP contribution in [0.3, 0.4) is 0 Å². The third-order valence-corrected chi connectivity index (χ3v) is 2.15. The van der Waals surface area contributed by atoms with Gasteiger partial charge in [-0.25, -0.2) is 0 Å². The van der Waals surface area contributed by atoms with Crippen molar-refractivity contribution in [3.63, 3.8) is 0 Å². The minimum absolute atomic E-state index is 0.728. The van der Waals surface area contributed by atoms with E-state index in [4.69, 9.17) is 9.47 Å². The van der Waals surface area contributed by atoms with Crippen molar-refractivity contribution < 1.29 is 9.47 Å². The van der Waals surface area contributed by atoms with Crippen LogP contribution in [0.4, 0.5) is 0 Å². The number of nitrogens with one attached hydrogen (secondary N) is 1. The maximum Gasteiger partial charge on any atom is 0.0591 e. The fourth-order valence-corrected chi connectivity index (χ4v) is 1.10. The normalized spacial score (nSPS) is 10.9. The van der Waals surface area contributed by atoms with Crippen molar-refractivity contribution in [2.45, 2.75) is 26.7 Å². The predicted molar refractivity (Wildman–Crippen MR) is 68.8 cm³/mol. The van der Waals surface area contributed by atoms with Crippen LogP contribution in [0.15, 0.2) is 12.7 Å². The third-order valence-electron chi connectivity index (χ3n) is 2.15. The summed E-state index contributed by atoms with van der Waals surface area (Å²) in [6.45, 7) is 13.1. The van der Waals surface area contributed by atoms with Gasteiger partial charge in [0.15, 0.2) is 0 Å². The maximum atomic E-state index is 5.47. The highest BCUT2D eigenvalue weighted by atomic mass is 16.5. The standard InChI is InChI=1S/C13H27NO2/c1-4-5-9-15-11-7-14-8-12-16-10-6-13(2)3/h4,13-14H,1,5-12H2,2-3H3. The van der Waals surface area contributed by atoms with Gasteiger partial charge in [0.05, 0.1) is 19.8 Å². The minimum atomic E-state index is 0.728. The molecule has 16 heavy (non-hydrogen) atoms. The van der Waals surface area contributed by atoms with Crippen LogP contribution < -0.4 is 5.32 Å². The molecule has 0 spiro atoms. The summed E-state index contributed by atoms with van der Waals surface area (Å²) in [4.78, 5) is 0. The van der Waals surface area contributed by atoms with Crippen LogP contribution in [0.2, 0.25) is 0 Å². The average molecular weight is 229 g/mol. The first-order valence-electron chi connectivity index (χ1n) is 6.24. The molecule has 3 heteroatoms. The van der Waals surface area contributed by atoms with Crippen LogP contribution >= 0.6 is 0 Å². The van der Waals surface area contributed by atoms with Crippen molar-refractivity contribution in [2.75, 3.05) is 39.5 Å².